The van der Waals surface area contributed by atoms with Crippen molar-refractivity contribution in [3.63, 3.8) is 0 Å². The van der Waals surface area contributed by atoms with Gasteiger partial charge in [0, 0.05) is 5.56 Å². The number of nitrogens with one attached hydrogen (secondary N) is 1. The third-order valence-corrected chi connectivity index (χ3v) is 3.64. The van der Waals surface area contributed by atoms with Crippen LogP contribution in [0.25, 0.3) is 0 Å². The number of benzene rings is 2. The fourth-order valence-corrected chi connectivity index (χ4v) is 2.39. The van der Waals surface area contributed by atoms with Gasteiger partial charge >= 0.3 is 18.0 Å². The molecule has 1 amide bonds. The van der Waals surface area contributed by atoms with Crippen LogP contribution in [0.3, 0.4) is 0 Å². The Morgan fingerprint density at radius 3 is 2.30 bits per heavy atom. The van der Waals surface area contributed by atoms with Gasteiger partial charge in [-0.05, 0) is 51.1 Å². The third-order valence-electron chi connectivity index (χ3n) is 3.64. The molecule has 1 atom stereocenters. The summed E-state index contributed by atoms with van der Waals surface area (Å²) < 4.78 is 5.06. The zero-order valence-electron chi connectivity index (χ0n) is 16.5. The maximum Gasteiger partial charge on any atom is 0.408 e. The molecule has 0 saturated carbocycles. The molecule has 30 heavy (non-hydrogen) atoms. The minimum Gasteiger partial charge on any atom is -0.508 e. The molecule has 0 fully saturated rings. The highest BCUT2D eigenvalue weighted by molar-refractivity contribution is 5.93. The van der Waals surface area contributed by atoms with Crippen molar-refractivity contribution in [3.05, 3.63) is 53.6 Å². The van der Waals surface area contributed by atoms with Gasteiger partial charge in [-0.1, -0.05) is 12.1 Å². The van der Waals surface area contributed by atoms with E-state index in [-0.39, 0.29) is 28.3 Å². The molecule has 0 aliphatic rings. The summed E-state index contributed by atoms with van der Waals surface area (Å²) in [6, 6.07) is 8.12. The second-order valence-electron chi connectivity index (χ2n) is 7.18. The highest BCUT2D eigenvalue weighted by atomic mass is 16.6. The molecule has 0 radical (unpaired) electrons. The highest BCUT2D eigenvalue weighted by Gasteiger charge is 2.28. The number of carboxylic acids is 2. The smallest absolute Gasteiger partial charge is 0.408 e. The van der Waals surface area contributed by atoms with Crippen molar-refractivity contribution in [2.24, 2.45) is 10.2 Å². The van der Waals surface area contributed by atoms with E-state index in [1.165, 1.54) is 30.3 Å². The summed E-state index contributed by atoms with van der Waals surface area (Å²) in [5.74, 6) is -2.99. The van der Waals surface area contributed by atoms with Gasteiger partial charge in [0.25, 0.3) is 0 Å². The summed E-state index contributed by atoms with van der Waals surface area (Å²) >= 11 is 0. The van der Waals surface area contributed by atoms with Crippen molar-refractivity contribution < 1.29 is 34.4 Å². The fourth-order valence-electron chi connectivity index (χ4n) is 2.39. The first-order valence-corrected chi connectivity index (χ1v) is 8.77. The van der Waals surface area contributed by atoms with Crippen LogP contribution in [0, 0.1) is 0 Å². The lowest BCUT2D eigenvalue weighted by Crippen LogP contribution is -2.38. The predicted octanol–water partition coefficient (Wildman–Crippen LogP) is 4.16. The van der Waals surface area contributed by atoms with Gasteiger partial charge in [-0.3, -0.25) is 0 Å². The molecule has 0 bridgehead atoms. The van der Waals surface area contributed by atoms with E-state index in [9.17, 15) is 29.7 Å². The minimum atomic E-state index is -1.61. The summed E-state index contributed by atoms with van der Waals surface area (Å²) in [6.07, 6.45) is -0.975. The van der Waals surface area contributed by atoms with Gasteiger partial charge in [0.1, 0.15) is 17.0 Å². The van der Waals surface area contributed by atoms with E-state index in [2.05, 4.69) is 15.5 Å². The van der Waals surface area contributed by atoms with E-state index in [1.54, 1.807) is 32.9 Å². The average Bonchev–Trinajstić information content (AvgIpc) is 2.64. The molecule has 0 heterocycles. The third kappa shape index (κ3) is 6.03. The number of alkyl carbamates (subject to hydrolysis) is 1. The van der Waals surface area contributed by atoms with Crippen molar-refractivity contribution >= 4 is 29.4 Å². The molecular weight excluding hydrogens is 394 g/mol. The summed E-state index contributed by atoms with van der Waals surface area (Å²) in [5.41, 5.74) is -0.809. The molecular formula is C20H21N3O7. The Kier molecular flexibility index (Phi) is 6.73. The van der Waals surface area contributed by atoms with Crippen molar-refractivity contribution in [1.82, 2.24) is 5.32 Å². The van der Waals surface area contributed by atoms with Crippen molar-refractivity contribution in [2.75, 3.05) is 0 Å². The standard InChI is InChI=1S/C20H21N3O7/c1-20(2,3)30-19(29)21-16(18(27)28)13-10-11(8-9-15(13)24)22-23-14-7-5-4-6-12(14)17(25)26/h4-10,16,24H,1-3H3,(H,21,29)(H,25,26)(H,27,28). The first kappa shape index (κ1) is 22.3. The second kappa shape index (κ2) is 9.03. The summed E-state index contributed by atoms with van der Waals surface area (Å²) in [5, 5.41) is 38.8. The Hall–Kier alpha value is -3.95. The fraction of sp³-hybridized carbons (Fsp3) is 0.250. The second-order valence-corrected chi connectivity index (χ2v) is 7.18. The van der Waals surface area contributed by atoms with Crippen LogP contribution in [0.15, 0.2) is 52.7 Å². The predicted molar refractivity (Wildman–Crippen MR) is 105 cm³/mol. The van der Waals surface area contributed by atoms with Crippen molar-refractivity contribution in [3.8, 4) is 5.75 Å². The Bertz CT molecular complexity index is 996. The Labute approximate surface area is 171 Å². The number of azo groups is 1. The Morgan fingerprint density at radius 1 is 1.03 bits per heavy atom. The van der Waals surface area contributed by atoms with Gasteiger partial charge in [0.2, 0.25) is 0 Å². The Balaban J connectivity index is 2.34. The van der Waals surface area contributed by atoms with E-state index >= 15 is 0 Å². The number of phenolic OH excluding ortho intramolecular Hbond substituents is 1. The van der Waals surface area contributed by atoms with Gasteiger partial charge in [-0.25, -0.2) is 14.4 Å². The maximum absolute atomic E-state index is 12.0. The number of phenols is 1. The SMILES string of the molecule is CC(C)(C)OC(=O)NC(C(=O)O)c1cc(N=Nc2ccccc2C(=O)O)ccc1O. The molecule has 0 saturated heterocycles. The number of aromatic carboxylic acids is 1. The molecule has 0 spiro atoms. The summed E-state index contributed by atoms with van der Waals surface area (Å²) in [6.45, 7) is 4.86. The number of aliphatic carboxylic acids is 1. The number of nitrogens with zero attached hydrogens (tertiary/aromatic N) is 2. The summed E-state index contributed by atoms with van der Waals surface area (Å²) in [4.78, 5) is 34.9. The zero-order chi connectivity index (χ0) is 22.5. The minimum absolute atomic E-state index is 0.0599. The lowest BCUT2D eigenvalue weighted by atomic mass is 10.1. The molecule has 10 heteroatoms. The first-order chi connectivity index (χ1) is 14.0. The topological polar surface area (TPSA) is 158 Å². The lowest BCUT2D eigenvalue weighted by Gasteiger charge is -2.22. The van der Waals surface area contributed by atoms with Crippen molar-refractivity contribution in [2.45, 2.75) is 32.4 Å². The number of ether oxygens (including phenoxy) is 1. The van der Waals surface area contributed by atoms with Gasteiger partial charge in [0.05, 0.1) is 11.3 Å². The average molecular weight is 415 g/mol. The zero-order valence-corrected chi connectivity index (χ0v) is 16.5. The molecule has 0 aromatic heterocycles. The number of carbonyl (C=O) groups excluding carboxylic acids is 1. The van der Waals surface area contributed by atoms with Gasteiger partial charge in [-0.2, -0.15) is 5.11 Å². The molecule has 2 aromatic rings. The summed E-state index contributed by atoms with van der Waals surface area (Å²) in [7, 11) is 0. The van der Waals surface area contributed by atoms with Crippen LogP contribution in [0.5, 0.6) is 5.75 Å². The maximum atomic E-state index is 12.0. The van der Waals surface area contributed by atoms with Crippen LogP contribution < -0.4 is 5.32 Å². The first-order valence-electron chi connectivity index (χ1n) is 8.77. The quantitative estimate of drug-likeness (QED) is 0.516. The molecule has 2 aromatic carbocycles. The lowest BCUT2D eigenvalue weighted by molar-refractivity contribution is -0.139. The van der Waals surface area contributed by atoms with Crippen molar-refractivity contribution in [1.29, 1.82) is 0 Å². The molecule has 158 valence electrons. The van der Waals surface area contributed by atoms with E-state index in [0.717, 1.165) is 0 Å². The van der Waals surface area contributed by atoms with Gasteiger partial charge in [0.15, 0.2) is 6.04 Å². The van der Waals surface area contributed by atoms with Gasteiger partial charge in [-0.15, -0.1) is 5.11 Å². The van der Waals surface area contributed by atoms with E-state index < -0.39 is 29.7 Å². The van der Waals surface area contributed by atoms with E-state index in [4.69, 9.17) is 4.74 Å². The van der Waals surface area contributed by atoms with Gasteiger partial charge < -0.3 is 25.4 Å². The number of amides is 1. The molecule has 4 N–H and O–H groups in total. The molecule has 1 unspecified atom stereocenters. The van der Waals surface area contributed by atoms with E-state index in [1.807, 2.05) is 0 Å². The molecule has 0 aliphatic heterocycles. The van der Waals surface area contributed by atoms with Crippen LogP contribution in [0.4, 0.5) is 16.2 Å². The van der Waals surface area contributed by atoms with Crippen LogP contribution in [-0.2, 0) is 9.53 Å². The number of aromatic hydroxyl groups is 1. The monoisotopic (exact) mass is 415 g/mol. The molecule has 10 nitrogen and oxygen atoms in total. The van der Waals surface area contributed by atoms with Crippen LogP contribution in [0.1, 0.15) is 42.7 Å². The number of hydrogen-bond donors (Lipinski definition) is 4. The normalized spacial score (nSPS) is 12.4. The number of hydrogen-bond acceptors (Lipinski definition) is 7. The Morgan fingerprint density at radius 2 is 1.70 bits per heavy atom. The van der Waals surface area contributed by atoms with Crippen LogP contribution >= 0.6 is 0 Å². The van der Waals surface area contributed by atoms with E-state index in [0.29, 0.717) is 0 Å². The van der Waals surface area contributed by atoms with Crippen LogP contribution in [-0.4, -0.2) is 39.0 Å². The number of rotatable bonds is 6. The highest BCUT2D eigenvalue weighted by Crippen LogP contribution is 2.31. The molecule has 2 rings (SSSR count). The number of carboxylic acid groups (broad SMARTS) is 2. The number of carbonyl (C=O) groups is 3. The molecule has 0 aliphatic carbocycles. The largest absolute Gasteiger partial charge is 0.508 e. The van der Waals surface area contributed by atoms with Crippen LogP contribution in [0.2, 0.25) is 0 Å².